The third-order valence-electron chi connectivity index (χ3n) is 4.77. The maximum Gasteiger partial charge on any atom is 0.195 e. The molecule has 0 saturated carbocycles. The van der Waals surface area contributed by atoms with Crippen LogP contribution in [0.15, 0.2) is 23.2 Å². The van der Waals surface area contributed by atoms with E-state index in [1.54, 1.807) is 14.2 Å². The first-order valence-corrected chi connectivity index (χ1v) is 9.67. The molecule has 1 saturated heterocycles. The van der Waals surface area contributed by atoms with Crippen LogP contribution in [0.1, 0.15) is 33.1 Å². The van der Waals surface area contributed by atoms with Crippen LogP contribution in [0, 0.1) is 5.92 Å². The SMILES string of the molecule is CCOc1ccc(NC(=NC)NCCCN2CCC(C)CC2)cc1OC.I. The summed E-state index contributed by atoms with van der Waals surface area (Å²) in [6.45, 7) is 9.45. The van der Waals surface area contributed by atoms with Gasteiger partial charge in [0.05, 0.1) is 13.7 Å². The Hall–Kier alpha value is -1.22. The second kappa shape index (κ2) is 13.0. The lowest BCUT2D eigenvalue weighted by Crippen LogP contribution is -2.36. The van der Waals surface area contributed by atoms with Crippen molar-refractivity contribution in [2.24, 2.45) is 10.9 Å². The summed E-state index contributed by atoms with van der Waals surface area (Å²) in [6, 6.07) is 5.80. The summed E-state index contributed by atoms with van der Waals surface area (Å²) in [6.07, 6.45) is 3.77. The Morgan fingerprint density at radius 1 is 1.26 bits per heavy atom. The Balaban J connectivity index is 0.00000364. The number of anilines is 1. The van der Waals surface area contributed by atoms with Crippen LogP contribution >= 0.6 is 24.0 Å². The Labute approximate surface area is 181 Å². The van der Waals surface area contributed by atoms with E-state index in [1.165, 1.54) is 25.9 Å². The van der Waals surface area contributed by atoms with Gasteiger partial charge in [0, 0.05) is 25.3 Å². The van der Waals surface area contributed by atoms with E-state index in [0.717, 1.165) is 42.8 Å². The number of hydrogen-bond acceptors (Lipinski definition) is 4. The van der Waals surface area contributed by atoms with E-state index in [9.17, 15) is 0 Å². The Bertz CT molecular complexity index is 575. The number of ether oxygens (including phenoxy) is 2. The van der Waals surface area contributed by atoms with Gasteiger partial charge in [-0.2, -0.15) is 0 Å². The van der Waals surface area contributed by atoms with Crippen molar-refractivity contribution in [1.82, 2.24) is 10.2 Å². The molecule has 1 aliphatic heterocycles. The minimum absolute atomic E-state index is 0. The van der Waals surface area contributed by atoms with Crippen molar-refractivity contribution in [3.8, 4) is 11.5 Å². The van der Waals surface area contributed by atoms with Gasteiger partial charge in [0.1, 0.15) is 0 Å². The number of benzene rings is 1. The smallest absolute Gasteiger partial charge is 0.195 e. The molecule has 1 aromatic rings. The van der Waals surface area contributed by atoms with E-state index in [1.807, 2.05) is 25.1 Å². The number of aliphatic imine (C=N–C) groups is 1. The summed E-state index contributed by atoms with van der Waals surface area (Å²) >= 11 is 0. The van der Waals surface area contributed by atoms with Crippen LogP contribution < -0.4 is 20.1 Å². The molecule has 0 bridgehead atoms. The summed E-state index contributed by atoms with van der Waals surface area (Å²) in [4.78, 5) is 6.87. The molecule has 0 aromatic heterocycles. The highest BCUT2D eigenvalue weighted by molar-refractivity contribution is 14.0. The molecular weight excluding hydrogens is 455 g/mol. The molecule has 6 nitrogen and oxygen atoms in total. The molecular formula is C20H35IN4O2. The predicted molar refractivity (Wildman–Crippen MR) is 124 cm³/mol. The van der Waals surface area contributed by atoms with Gasteiger partial charge in [-0.25, -0.2) is 0 Å². The van der Waals surface area contributed by atoms with E-state index in [-0.39, 0.29) is 24.0 Å². The standard InChI is InChI=1S/C20H34N4O2.HI/c1-5-26-18-8-7-17(15-19(18)25-4)23-20(21-3)22-11-6-12-24-13-9-16(2)10-14-24;/h7-8,15-16H,5-6,9-14H2,1-4H3,(H2,21,22,23);1H. The number of nitrogens with one attached hydrogen (secondary N) is 2. The quantitative estimate of drug-likeness (QED) is 0.251. The number of hydrogen-bond donors (Lipinski definition) is 2. The molecule has 27 heavy (non-hydrogen) atoms. The highest BCUT2D eigenvalue weighted by atomic mass is 127. The topological polar surface area (TPSA) is 58.1 Å². The number of rotatable bonds is 8. The van der Waals surface area contributed by atoms with Crippen LogP contribution in [-0.4, -0.2) is 57.8 Å². The van der Waals surface area contributed by atoms with Gasteiger partial charge in [-0.05, 0) is 63.9 Å². The highest BCUT2D eigenvalue weighted by Gasteiger charge is 2.14. The normalized spacial score (nSPS) is 15.8. The van der Waals surface area contributed by atoms with Crippen LogP contribution in [0.2, 0.25) is 0 Å². The Morgan fingerprint density at radius 3 is 2.63 bits per heavy atom. The second-order valence-electron chi connectivity index (χ2n) is 6.80. The molecule has 0 atom stereocenters. The van der Waals surface area contributed by atoms with Gasteiger partial charge in [-0.15, -0.1) is 24.0 Å². The lowest BCUT2D eigenvalue weighted by molar-refractivity contribution is 0.191. The zero-order valence-electron chi connectivity index (χ0n) is 17.1. The number of halogens is 1. The molecule has 7 heteroatoms. The van der Waals surface area contributed by atoms with Crippen LogP contribution in [0.5, 0.6) is 11.5 Å². The molecule has 0 unspecified atom stereocenters. The first-order valence-electron chi connectivity index (χ1n) is 9.67. The largest absolute Gasteiger partial charge is 0.493 e. The van der Waals surface area contributed by atoms with Crippen molar-refractivity contribution in [1.29, 1.82) is 0 Å². The van der Waals surface area contributed by atoms with E-state index < -0.39 is 0 Å². The predicted octanol–water partition coefficient (Wildman–Crippen LogP) is 3.82. The molecule has 1 fully saturated rings. The third-order valence-corrected chi connectivity index (χ3v) is 4.77. The number of methoxy groups -OCH3 is 1. The minimum atomic E-state index is 0. The number of likely N-dealkylation sites (tertiary alicyclic amines) is 1. The second-order valence-corrected chi connectivity index (χ2v) is 6.80. The van der Waals surface area contributed by atoms with E-state index >= 15 is 0 Å². The van der Waals surface area contributed by atoms with Crippen molar-refractivity contribution in [3.05, 3.63) is 18.2 Å². The summed E-state index contributed by atoms with van der Waals surface area (Å²) in [5, 5.41) is 6.69. The van der Waals surface area contributed by atoms with Crippen LogP contribution in [0.4, 0.5) is 5.69 Å². The summed E-state index contributed by atoms with van der Waals surface area (Å²) in [5.74, 6) is 3.12. The fourth-order valence-corrected chi connectivity index (χ4v) is 3.13. The van der Waals surface area contributed by atoms with Gasteiger partial charge in [0.25, 0.3) is 0 Å². The molecule has 0 aliphatic carbocycles. The average Bonchev–Trinajstić information content (AvgIpc) is 2.66. The molecule has 1 heterocycles. The van der Waals surface area contributed by atoms with E-state index in [2.05, 4.69) is 27.4 Å². The van der Waals surface area contributed by atoms with Crippen molar-refractivity contribution >= 4 is 35.6 Å². The average molecular weight is 490 g/mol. The first kappa shape index (κ1) is 23.8. The molecule has 0 spiro atoms. The lowest BCUT2D eigenvalue weighted by Gasteiger charge is -2.30. The van der Waals surface area contributed by atoms with Gasteiger partial charge in [-0.1, -0.05) is 6.92 Å². The van der Waals surface area contributed by atoms with Gasteiger partial charge < -0.3 is 25.0 Å². The maximum atomic E-state index is 5.55. The van der Waals surface area contributed by atoms with Crippen molar-refractivity contribution < 1.29 is 9.47 Å². The molecule has 2 N–H and O–H groups in total. The third kappa shape index (κ3) is 8.13. The van der Waals surface area contributed by atoms with Crippen LogP contribution in [0.25, 0.3) is 0 Å². The summed E-state index contributed by atoms with van der Waals surface area (Å²) in [7, 11) is 3.43. The highest BCUT2D eigenvalue weighted by Crippen LogP contribution is 2.30. The van der Waals surface area contributed by atoms with Crippen molar-refractivity contribution in [3.63, 3.8) is 0 Å². The van der Waals surface area contributed by atoms with Gasteiger partial charge in [0.2, 0.25) is 0 Å². The summed E-state index contributed by atoms with van der Waals surface area (Å²) in [5.41, 5.74) is 0.920. The van der Waals surface area contributed by atoms with Gasteiger partial charge >= 0.3 is 0 Å². The fourth-order valence-electron chi connectivity index (χ4n) is 3.13. The monoisotopic (exact) mass is 490 g/mol. The molecule has 1 aromatic carbocycles. The molecule has 0 radical (unpaired) electrons. The minimum Gasteiger partial charge on any atom is -0.493 e. The number of guanidine groups is 1. The zero-order chi connectivity index (χ0) is 18.8. The van der Waals surface area contributed by atoms with Gasteiger partial charge in [0.15, 0.2) is 17.5 Å². The van der Waals surface area contributed by atoms with Crippen molar-refractivity contribution in [2.75, 3.05) is 52.3 Å². The summed E-state index contributed by atoms with van der Waals surface area (Å²) < 4.78 is 11.0. The number of nitrogens with zero attached hydrogens (tertiary/aromatic N) is 2. The zero-order valence-corrected chi connectivity index (χ0v) is 19.4. The molecule has 1 aliphatic rings. The Morgan fingerprint density at radius 2 is 2.00 bits per heavy atom. The van der Waals surface area contributed by atoms with E-state index in [4.69, 9.17) is 9.47 Å². The maximum absolute atomic E-state index is 5.55. The lowest BCUT2D eigenvalue weighted by atomic mass is 9.99. The first-order chi connectivity index (χ1) is 12.7. The fraction of sp³-hybridized carbons (Fsp3) is 0.650. The number of piperidine rings is 1. The van der Waals surface area contributed by atoms with Crippen molar-refractivity contribution in [2.45, 2.75) is 33.1 Å². The molecule has 154 valence electrons. The molecule has 0 amide bonds. The Kier molecular flexibility index (Phi) is 11.5. The van der Waals surface area contributed by atoms with Crippen LogP contribution in [-0.2, 0) is 0 Å². The van der Waals surface area contributed by atoms with Gasteiger partial charge in [-0.3, -0.25) is 4.99 Å². The van der Waals surface area contributed by atoms with Crippen LogP contribution in [0.3, 0.4) is 0 Å². The molecule has 2 rings (SSSR count). The van der Waals surface area contributed by atoms with E-state index in [0.29, 0.717) is 12.4 Å².